The van der Waals surface area contributed by atoms with E-state index in [0.29, 0.717) is 13.1 Å². The number of nitrogens with zero attached hydrogens (tertiary/aromatic N) is 1. The van der Waals surface area contributed by atoms with Crippen LogP contribution >= 0.6 is 0 Å². The molecule has 1 heterocycles. The number of hydrogen-bond donors (Lipinski definition) is 0. The highest BCUT2D eigenvalue weighted by molar-refractivity contribution is 5.87. The number of aryl methyl sites for hydroxylation is 2. The fraction of sp³-hybridized carbons (Fsp3) is 0.250. The molecule has 0 bridgehead atoms. The first kappa shape index (κ1) is 14.6. The first-order chi connectivity index (χ1) is 10.6. The maximum atomic E-state index is 12.1. The van der Waals surface area contributed by atoms with Crippen molar-refractivity contribution in [2.24, 2.45) is 0 Å². The summed E-state index contributed by atoms with van der Waals surface area (Å²) < 4.78 is 0. The second-order valence-corrected chi connectivity index (χ2v) is 5.98. The van der Waals surface area contributed by atoms with Crippen LogP contribution < -0.4 is 0 Å². The SMILES string of the molecule is C=CC(=O)N1Cc2cccc(C)c2[C@@H](c2ccccc2C)C1. The first-order valence-electron chi connectivity index (χ1n) is 7.67. The smallest absolute Gasteiger partial charge is 0.246 e. The molecule has 1 aliphatic heterocycles. The van der Waals surface area contributed by atoms with Gasteiger partial charge in [0.15, 0.2) is 0 Å². The van der Waals surface area contributed by atoms with E-state index in [1.807, 2.05) is 4.90 Å². The molecule has 0 saturated heterocycles. The summed E-state index contributed by atoms with van der Waals surface area (Å²) in [6.45, 7) is 9.32. The molecule has 0 saturated carbocycles. The lowest BCUT2D eigenvalue weighted by molar-refractivity contribution is -0.127. The average Bonchev–Trinajstić information content (AvgIpc) is 2.54. The molecule has 2 aromatic carbocycles. The minimum absolute atomic E-state index is 0.00532. The van der Waals surface area contributed by atoms with E-state index in [-0.39, 0.29) is 11.8 Å². The van der Waals surface area contributed by atoms with Gasteiger partial charge in [-0.05, 0) is 47.7 Å². The summed E-state index contributed by atoms with van der Waals surface area (Å²) in [5.74, 6) is 0.237. The van der Waals surface area contributed by atoms with Gasteiger partial charge in [0.05, 0.1) is 0 Å². The molecule has 1 aliphatic rings. The molecule has 22 heavy (non-hydrogen) atoms. The van der Waals surface area contributed by atoms with Crippen LogP contribution in [0.4, 0.5) is 0 Å². The van der Waals surface area contributed by atoms with Gasteiger partial charge >= 0.3 is 0 Å². The minimum Gasteiger partial charge on any atom is -0.334 e. The number of fused-ring (bicyclic) bond motifs is 1. The molecular weight excluding hydrogens is 270 g/mol. The quantitative estimate of drug-likeness (QED) is 0.767. The molecule has 0 fully saturated rings. The van der Waals surface area contributed by atoms with Crippen LogP contribution in [0.1, 0.15) is 33.7 Å². The Hall–Kier alpha value is -2.35. The summed E-state index contributed by atoms with van der Waals surface area (Å²) in [5, 5.41) is 0. The third-order valence-electron chi connectivity index (χ3n) is 4.58. The molecule has 1 amide bonds. The van der Waals surface area contributed by atoms with E-state index in [2.05, 4.69) is 62.9 Å². The standard InChI is InChI=1S/C20H21NO/c1-4-19(22)21-12-16-10-7-9-15(3)20(16)18(13-21)17-11-6-5-8-14(17)2/h4-11,18H,1,12-13H2,2-3H3/t18-/m1/s1. The zero-order valence-corrected chi connectivity index (χ0v) is 13.2. The average molecular weight is 291 g/mol. The van der Waals surface area contributed by atoms with Crippen LogP contribution in [0.3, 0.4) is 0 Å². The monoisotopic (exact) mass is 291 g/mol. The fourth-order valence-electron chi connectivity index (χ4n) is 3.49. The summed E-state index contributed by atoms with van der Waals surface area (Å²) in [5.41, 5.74) is 6.50. The van der Waals surface area contributed by atoms with Crippen molar-refractivity contribution < 1.29 is 4.79 Å². The summed E-state index contributed by atoms with van der Waals surface area (Å²) in [7, 11) is 0. The van der Waals surface area contributed by atoms with Gasteiger partial charge in [-0.2, -0.15) is 0 Å². The number of carbonyl (C=O) groups is 1. The van der Waals surface area contributed by atoms with Gasteiger partial charge in [0.25, 0.3) is 0 Å². The van der Waals surface area contributed by atoms with Crippen molar-refractivity contribution in [1.29, 1.82) is 0 Å². The molecule has 2 heteroatoms. The van der Waals surface area contributed by atoms with Gasteiger partial charge in [0.1, 0.15) is 0 Å². The molecule has 0 spiro atoms. The molecule has 0 radical (unpaired) electrons. The van der Waals surface area contributed by atoms with E-state index < -0.39 is 0 Å². The van der Waals surface area contributed by atoms with E-state index in [4.69, 9.17) is 0 Å². The van der Waals surface area contributed by atoms with Gasteiger partial charge in [0, 0.05) is 19.0 Å². The number of rotatable bonds is 2. The van der Waals surface area contributed by atoms with Gasteiger partial charge in [0.2, 0.25) is 5.91 Å². The second-order valence-electron chi connectivity index (χ2n) is 5.98. The highest BCUT2D eigenvalue weighted by atomic mass is 16.2. The lowest BCUT2D eigenvalue weighted by Gasteiger charge is -2.36. The molecule has 3 rings (SSSR count). The van der Waals surface area contributed by atoms with Gasteiger partial charge < -0.3 is 4.90 Å². The Morgan fingerprint density at radius 3 is 2.59 bits per heavy atom. The minimum atomic E-state index is 0.00532. The van der Waals surface area contributed by atoms with E-state index >= 15 is 0 Å². The molecule has 1 atom stereocenters. The molecule has 2 nitrogen and oxygen atoms in total. The Morgan fingerprint density at radius 2 is 1.86 bits per heavy atom. The second kappa shape index (κ2) is 5.80. The maximum absolute atomic E-state index is 12.1. The Labute approximate surface area is 132 Å². The summed E-state index contributed by atoms with van der Waals surface area (Å²) in [6, 6.07) is 14.8. The fourth-order valence-corrected chi connectivity index (χ4v) is 3.49. The van der Waals surface area contributed by atoms with E-state index in [0.717, 1.165) is 0 Å². The topological polar surface area (TPSA) is 20.3 Å². The molecule has 0 unspecified atom stereocenters. The van der Waals surface area contributed by atoms with Crippen molar-refractivity contribution in [1.82, 2.24) is 4.90 Å². The van der Waals surface area contributed by atoms with Crippen molar-refractivity contribution in [3.8, 4) is 0 Å². The highest BCUT2D eigenvalue weighted by Crippen LogP contribution is 2.36. The molecule has 112 valence electrons. The molecule has 2 aromatic rings. The lowest BCUT2D eigenvalue weighted by atomic mass is 9.80. The van der Waals surface area contributed by atoms with Crippen LogP contribution in [0, 0.1) is 13.8 Å². The Kier molecular flexibility index (Phi) is 3.84. The van der Waals surface area contributed by atoms with Gasteiger partial charge in [-0.25, -0.2) is 0 Å². The van der Waals surface area contributed by atoms with Crippen LogP contribution in [0.5, 0.6) is 0 Å². The zero-order valence-electron chi connectivity index (χ0n) is 13.2. The summed E-state index contributed by atoms with van der Waals surface area (Å²) in [4.78, 5) is 14.0. The van der Waals surface area contributed by atoms with Crippen molar-refractivity contribution in [2.75, 3.05) is 6.54 Å². The van der Waals surface area contributed by atoms with Crippen molar-refractivity contribution in [3.63, 3.8) is 0 Å². The van der Waals surface area contributed by atoms with Crippen LogP contribution in [0.2, 0.25) is 0 Å². The Bertz CT molecular complexity index is 732. The number of carbonyl (C=O) groups excluding carboxylic acids is 1. The Balaban J connectivity index is 2.14. The number of benzene rings is 2. The highest BCUT2D eigenvalue weighted by Gasteiger charge is 2.30. The van der Waals surface area contributed by atoms with Gasteiger partial charge in [-0.3, -0.25) is 4.79 Å². The molecule has 0 aliphatic carbocycles. The van der Waals surface area contributed by atoms with E-state index in [1.54, 1.807) is 0 Å². The van der Waals surface area contributed by atoms with Crippen LogP contribution in [0.25, 0.3) is 0 Å². The van der Waals surface area contributed by atoms with Crippen LogP contribution in [-0.4, -0.2) is 17.4 Å². The largest absolute Gasteiger partial charge is 0.334 e. The zero-order chi connectivity index (χ0) is 15.7. The normalized spacial score (nSPS) is 17.0. The van der Waals surface area contributed by atoms with Crippen molar-refractivity contribution >= 4 is 5.91 Å². The predicted octanol–water partition coefficient (Wildman–Crippen LogP) is 3.96. The molecule has 0 aromatic heterocycles. The maximum Gasteiger partial charge on any atom is 0.246 e. The molecular formula is C20H21NO. The van der Waals surface area contributed by atoms with E-state index in [1.165, 1.54) is 33.9 Å². The number of hydrogen-bond acceptors (Lipinski definition) is 1. The van der Waals surface area contributed by atoms with Gasteiger partial charge in [-0.15, -0.1) is 0 Å². The lowest BCUT2D eigenvalue weighted by Crippen LogP contribution is -2.38. The van der Waals surface area contributed by atoms with Gasteiger partial charge in [-0.1, -0.05) is 49.0 Å². The third-order valence-corrected chi connectivity index (χ3v) is 4.58. The van der Waals surface area contributed by atoms with Crippen molar-refractivity contribution in [2.45, 2.75) is 26.3 Å². The third kappa shape index (κ3) is 2.45. The Morgan fingerprint density at radius 1 is 1.14 bits per heavy atom. The molecule has 0 N–H and O–H groups in total. The predicted molar refractivity (Wildman–Crippen MR) is 89.8 cm³/mol. The number of amides is 1. The summed E-state index contributed by atoms with van der Waals surface area (Å²) in [6.07, 6.45) is 1.41. The van der Waals surface area contributed by atoms with E-state index in [9.17, 15) is 4.79 Å². The first-order valence-corrected chi connectivity index (χ1v) is 7.67. The summed E-state index contributed by atoms with van der Waals surface area (Å²) >= 11 is 0. The van der Waals surface area contributed by atoms with Crippen molar-refractivity contribution in [3.05, 3.63) is 82.9 Å². The van der Waals surface area contributed by atoms with Crippen LogP contribution in [0.15, 0.2) is 55.1 Å². The van der Waals surface area contributed by atoms with Crippen LogP contribution in [-0.2, 0) is 11.3 Å².